The van der Waals surface area contributed by atoms with Crippen LogP contribution in [-0.2, 0) is 28.1 Å². The van der Waals surface area contributed by atoms with E-state index in [4.69, 9.17) is 9.47 Å². The van der Waals surface area contributed by atoms with Crippen molar-refractivity contribution in [1.82, 2.24) is 19.1 Å². The van der Waals surface area contributed by atoms with Crippen LogP contribution in [0.25, 0.3) is 16.9 Å². The molecule has 0 bridgehead atoms. The Bertz CT molecular complexity index is 1400. The molecule has 3 aromatic carbocycles. The van der Waals surface area contributed by atoms with Crippen molar-refractivity contribution >= 4 is 0 Å². The molecule has 2 heterocycles. The van der Waals surface area contributed by atoms with Crippen LogP contribution >= 0.6 is 0 Å². The number of aromatic nitrogens is 4. The number of ether oxygens (including phenoxy) is 2. The zero-order chi connectivity index (χ0) is 22.8. The Balaban J connectivity index is 0.00000274. The Hall–Kier alpha value is -3.63. The van der Waals surface area contributed by atoms with Gasteiger partial charge in [-0.2, -0.15) is 6.07 Å². The van der Waals surface area contributed by atoms with Crippen molar-refractivity contribution in [2.75, 3.05) is 0 Å². The van der Waals surface area contributed by atoms with Gasteiger partial charge in [-0.25, -0.2) is 4.98 Å². The van der Waals surface area contributed by atoms with Crippen molar-refractivity contribution in [1.29, 1.82) is 0 Å². The number of benzene rings is 3. The Morgan fingerprint density at radius 1 is 0.794 bits per heavy atom. The predicted octanol–water partition coefficient (Wildman–Crippen LogP) is 6.07. The molecule has 0 aliphatic carbocycles. The molecule has 0 aliphatic rings. The monoisotopic (exact) mass is 629 g/mol. The second-order valence-electron chi connectivity index (χ2n) is 7.74. The second-order valence-corrected chi connectivity index (χ2v) is 7.74. The molecule has 0 amide bonds. The number of hydrogen-bond donors (Lipinski definition) is 0. The van der Waals surface area contributed by atoms with Gasteiger partial charge in [0, 0.05) is 42.4 Å². The Morgan fingerprint density at radius 2 is 1.44 bits per heavy atom. The molecule has 172 valence electrons. The third-order valence-electron chi connectivity index (χ3n) is 5.26. The van der Waals surface area contributed by atoms with Gasteiger partial charge in [0.2, 0.25) is 0 Å². The van der Waals surface area contributed by atoms with Crippen molar-refractivity contribution in [2.45, 2.75) is 13.8 Å². The Kier molecular flexibility index (Phi) is 6.99. The number of nitrogens with zero attached hydrogens (tertiary/aromatic N) is 4. The third-order valence-corrected chi connectivity index (χ3v) is 5.26. The number of aryl methyl sites for hydroxylation is 3. The van der Waals surface area contributed by atoms with E-state index >= 15 is 0 Å². The molecule has 7 heteroatoms. The van der Waals surface area contributed by atoms with Gasteiger partial charge in [0.25, 0.3) is 6.01 Å². The third kappa shape index (κ3) is 4.97. The van der Waals surface area contributed by atoms with E-state index in [1.165, 1.54) is 11.1 Å². The van der Waals surface area contributed by atoms with Crippen LogP contribution < -0.4 is 9.47 Å². The summed E-state index contributed by atoms with van der Waals surface area (Å²) in [6, 6.07) is 24.4. The van der Waals surface area contributed by atoms with Gasteiger partial charge < -0.3 is 18.6 Å². The molecular formula is C27H22N4O2Pt. The minimum absolute atomic E-state index is 0. The molecule has 0 aliphatic heterocycles. The van der Waals surface area contributed by atoms with E-state index < -0.39 is 0 Å². The molecule has 0 atom stereocenters. The molecule has 2 aromatic heterocycles. The van der Waals surface area contributed by atoms with Crippen LogP contribution in [0.4, 0.5) is 0 Å². The predicted molar refractivity (Wildman–Crippen MR) is 126 cm³/mol. The van der Waals surface area contributed by atoms with E-state index in [9.17, 15) is 0 Å². The van der Waals surface area contributed by atoms with E-state index in [2.05, 4.69) is 54.1 Å². The van der Waals surface area contributed by atoms with Gasteiger partial charge in [-0.05, 0) is 31.2 Å². The van der Waals surface area contributed by atoms with Crippen molar-refractivity contribution in [3.05, 3.63) is 103 Å². The first-order valence-corrected chi connectivity index (χ1v) is 10.6. The molecule has 0 radical (unpaired) electrons. The van der Waals surface area contributed by atoms with Crippen LogP contribution in [0, 0.1) is 26.0 Å². The minimum Gasteiger partial charge on any atom is -0.503 e. The van der Waals surface area contributed by atoms with Crippen molar-refractivity contribution in [3.8, 4) is 40.2 Å². The molecule has 0 spiro atoms. The van der Waals surface area contributed by atoms with E-state index in [1.807, 2.05) is 66.7 Å². The van der Waals surface area contributed by atoms with E-state index in [1.54, 1.807) is 10.8 Å². The van der Waals surface area contributed by atoms with Crippen LogP contribution in [0.2, 0.25) is 0 Å². The Morgan fingerprint density at radius 3 is 2.15 bits per heavy atom. The fraction of sp³-hybridized carbons (Fsp3) is 0.111. The molecule has 0 fully saturated rings. The topological polar surface area (TPSA) is 54.1 Å². The summed E-state index contributed by atoms with van der Waals surface area (Å²) in [5.74, 6) is 1.61. The number of hydrogen-bond acceptors (Lipinski definition) is 4. The van der Waals surface area contributed by atoms with Crippen molar-refractivity contribution < 1.29 is 30.5 Å². The van der Waals surface area contributed by atoms with Crippen molar-refractivity contribution in [2.24, 2.45) is 7.05 Å². The first kappa shape index (κ1) is 23.5. The maximum absolute atomic E-state index is 6.01. The van der Waals surface area contributed by atoms with E-state index in [0.29, 0.717) is 23.3 Å². The SMILES string of the molecule is Cc1cccc(C)c1-n1cnc(-c2[c-]c(Oc3[c-]c(Oc4nccn4C)ccc3)ccc2)c1.[Pt+2]. The fourth-order valence-electron chi connectivity index (χ4n) is 3.67. The summed E-state index contributed by atoms with van der Waals surface area (Å²) in [6.45, 7) is 4.20. The summed E-state index contributed by atoms with van der Waals surface area (Å²) in [4.78, 5) is 8.77. The van der Waals surface area contributed by atoms with Crippen LogP contribution in [0.1, 0.15) is 11.1 Å². The van der Waals surface area contributed by atoms with Gasteiger partial charge in [0.05, 0.1) is 12.0 Å². The summed E-state index contributed by atoms with van der Waals surface area (Å²) in [5, 5.41) is 0. The van der Waals surface area contributed by atoms with Gasteiger partial charge >= 0.3 is 21.1 Å². The average Bonchev–Trinajstić information content (AvgIpc) is 3.44. The quantitative estimate of drug-likeness (QED) is 0.214. The summed E-state index contributed by atoms with van der Waals surface area (Å²) >= 11 is 0. The molecule has 34 heavy (non-hydrogen) atoms. The molecule has 5 rings (SSSR count). The maximum atomic E-state index is 6.01. The zero-order valence-electron chi connectivity index (χ0n) is 18.9. The van der Waals surface area contributed by atoms with Gasteiger partial charge in [-0.15, -0.1) is 35.9 Å². The maximum Gasteiger partial charge on any atom is 2.00 e. The largest absolute Gasteiger partial charge is 2.00 e. The van der Waals surface area contributed by atoms with Gasteiger partial charge in [0.15, 0.2) is 0 Å². The van der Waals surface area contributed by atoms with E-state index in [-0.39, 0.29) is 21.1 Å². The van der Waals surface area contributed by atoms with Crippen LogP contribution in [-0.4, -0.2) is 19.1 Å². The van der Waals surface area contributed by atoms with Gasteiger partial charge in [0.1, 0.15) is 0 Å². The molecule has 0 saturated carbocycles. The molecule has 0 unspecified atom stereocenters. The summed E-state index contributed by atoms with van der Waals surface area (Å²) < 4.78 is 15.6. The average molecular weight is 630 g/mol. The first-order chi connectivity index (χ1) is 16.1. The molecule has 0 N–H and O–H groups in total. The number of imidazole rings is 2. The first-order valence-electron chi connectivity index (χ1n) is 10.6. The van der Waals surface area contributed by atoms with Crippen LogP contribution in [0.15, 0.2) is 79.5 Å². The number of rotatable bonds is 6. The van der Waals surface area contributed by atoms with Crippen LogP contribution in [0.5, 0.6) is 23.3 Å². The van der Waals surface area contributed by atoms with Gasteiger partial charge in [-0.3, -0.25) is 4.98 Å². The summed E-state index contributed by atoms with van der Waals surface area (Å²) in [5.41, 5.74) is 5.20. The fourth-order valence-corrected chi connectivity index (χ4v) is 3.67. The summed E-state index contributed by atoms with van der Waals surface area (Å²) in [6.07, 6.45) is 7.34. The molecule has 5 aromatic rings. The number of para-hydroxylation sites is 1. The van der Waals surface area contributed by atoms with Crippen molar-refractivity contribution in [3.63, 3.8) is 0 Å². The normalized spacial score (nSPS) is 10.6. The Labute approximate surface area is 213 Å². The summed E-state index contributed by atoms with van der Waals surface area (Å²) in [7, 11) is 1.87. The second kappa shape index (κ2) is 10.1. The van der Waals surface area contributed by atoms with Crippen LogP contribution in [0.3, 0.4) is 0 Å². The zero-order valence-corrected chi connectivity index (χ0v) is 21.2. The van der Waals surface area contributed by atoms with E-state index in [0.717, 1.165) is 16.9 Å². The van der Waals surface area contributed by atoms with Gasteiger partial charge in [-0.1, -0.05) is 30.3 Å². The molecule has 0 saturated heterocycles. The standard InChI is InChI=1S/C27H22N4O2.Pt/c1-19-7-4-8-20(2)26(19)31-17-25(29-18-31)21-9-5-10-22(15-21)32-23-11-6-12-24(16-23)33-27-28-13-14-30(27)3;/h4-14,17-18H,1-3H3;/q-2;+2. The smallest absolute Gasteiger partial charge is 0.503 e. The minimum atomic E-state index is 0. The molecular weight excluding hydrogens is 607 g/mol. The molecule has 6 nitrogen and oxygen atoms in total.